The molecule has 0 aliphatic carbocycles. The fourth-order valence-corrected chi connectivity index (χ4v) is 1.70. The first kappa shape index (κ1) is 11.3. The Morgan fingerprint density at radius 1 is 1.50 bits per heavy atom. The number of ether oxygens (including phenoxy) is 2. The number of aliphatic hydroxyl groups is 1. The minimum Gasteiger partial charge on any atom is -0.388 e. The molecule has 1 aliphatic rings. The van der Waals surface area contributed by atoms with Crippen LogP contribution >= 0.6 is 0 Å². The van der Waals surface area contributed by atoms with E-state index >= 15 is 0 Å². The van der Waals surface area contributed by atoms with E-state index in [0.29, 0.717) is 0 Å². The lowest BCUT2D eigenvalue weighted by molar-refractivity contribution is -0.245. The van der Waals surface area contributed by atoms with Gasteiger partial charge in [0, 0.05) is 12.0 Å². The summed E-state index contributed by atoms with van der Waals surface area (Å²) in [6.07, 6.45) is -1.63. The van der Waals surface area contributed by atoms with Crippen molar-refractivity contribution in [2.75, 3.05) is 7.11 Å². The zero-order valence-corrected chi connectivity index (χ0v) is 8.49. The Bertz CT molecular complexity index is 242. The summed E-state index contributed by atoms with van der Waals surface area (Å²) in [5.41, 5.74) is 8.35. The van der Waals surface area contributed by atoms with Crippen LogP contribution in [0.1, 0.15) is 13.8 Å². The average Bonchev–Trinajstić information content (AvgIpc) is 2.18. The first-order chi connectivity index (χ1) is 6.61. The van der Waals surface area contributed by atoms with Crippen LogP contribution in [0, 0.1) is 5.92 Å². The second kappa shape index (κ2) is 4.61. The third kappa shape index (κ3) is 1.99. The van der Waals surface area contributed by atoms with Crippen molar-refractivity contribution in [1.29, 1.82) is 0 Å². The molecule has 1 fully saturated rings. The topological polar surface area (TPSA) is 87.5 Å². The summed E-state index contributed by atoms with van der Waals surface area (Å²) >= 11 is 0. The summed E-state index contributed by atoms with van der Waals surface area (Å²) in [5.74, 6) is -0.167. The molecule has 1 rings (SSSR count). The Morgan fingerprint density at radius 2 is 2.14 bits per heavy atom. The fourth-order valence-electron chi connectivity index (χ4n) is 1.70. The smallest absolute Gasteiger partial charge is 0.183 e. The van der Waals surface area contributed by atoms with E-state index in [1.54, 1.807) is 6.92 Å². The molecule has 6 nitrogen and oxygen atoms in total. The lowest BCUT2D eigenvalue weighted by Gasteiger charge is -2.39. The standard InChI is InChI=1S/C8H15N3O3/c1-4-6(10-11-9)5(2)14-8(13-3)7(4)12/h4-8,12H,1-3H3/t4-,5?,6-,7?,8-/m0/s1. The molecule has 0 saturated carbocycles. The number of hydrogen-bond acceptors (Lipinski definition) is 4. The number of methoxy groups -OCH3 is 1. The summed E-state index contributed by atoms with van der Waals surface area (Å²) < 4.78 is 10.3. The van der Waals surface area contributed by atoms with E-state index in [2.05, 4.69) is 10.0 Å². The molecular formula is C8H15N3O3. The molecule has 1 aliphatic heterocycles. The fraction of sp³-hybridized carbons (Fsp3) is 1.00. The zero-order valence-electron chi connectivity index (χ0n) is 8.49. The monoisotopic (exact) mass is 201 g/mol. The van der Waals surface area contributed by atoms with Gasteiger partial charge in [0.1, 0.15) is 6.10 Å². The summed E-state index contributed by atoms with van der Waals surface area (Å²) in [4.78, 5) is 2.74. The predicted molar refractivity (Wildman–Crippen MR) is 49.4 cm³/mol. The van der Waals surface area contributed by atoms with E-state index < -0.39 is 12.4 Å². The predicted octanol–water partition coefficient (Wildman–Crippen LogP) is 1.05. The SMILES string of the molecule is CO[C@H]1OC(C)[C@@H](N=[N+]=[N-])[C@H](C)C1O. The van der Waals surface area contributed by atoms with E-state index in [9.17, 15) is 5.11 Å². The van der Waals surface area contributed by atoms with Crippen molar-refractivity contribution in [2.45, 2.75) is 38.4 Å². The van der Waals surface area contributed by atoms with E-state index in [4.69, 9.17) is 15.0 Å². The third-order valence-electron chi connectivity index (χ3n) is 2.60. The summed E-state index contributed by atoms with van der Waals surface area (Å²) in [6.45, 7) is 3.61. The van der Waals surface area contributed by atoms with Gasteiger partial charge in [0.25, 0.3) is 0 Å². The molecule has 1 N–H and O–H groups in total. The van der Waals surface area contributed by atoms with Gasteiger partial charge in [0.15, 0.2) is 6.29 Å². The lowest BCUT2D eigenvalue weighted by atomic mass is 9.89. The molecule has 80 valence electrons. The molecule has 14 heavy (non-hydrogen) atoms. The van der Waals surface area contributed by atoms with Gasteiger partial charge in [-0.15, -0.1) is 0 Å². The van der Waals surface area contributed by atoms with Crippen LogP contribution in [-0.4, -0.2) is 36.8 Å². The second-order valence-corrected chi connectivity index (χ2v) is 3.49. The summed E-state index contributed by atoms with van der Waals surface area (Å²) in [7, 11) is 1.47. The number of nitrogens with zero attached hydrogens (tertiary/aromatic N) is 3. The van der Waals surface area contributed by atoms with Gasteiger partial charge < -0.3 is 14.6 Å². The third-order valence-corrected chi connectivity index (χ3v) is 2.60. The highest BCUT2D eigenvalue weighted by atomic mass is 16.7. The van der Waals surface area contributed by atoms with Gasteiger partial charge in [-0.2, -0.15) is 0 Å². The van der Waals surface area contributed by atoms with Gasteiger partial charge in [-0.1, -0.05) is 12.0 Å². The van der Waals surface area contributed by atoms with Crippen molar-refractivity contribution in [3.8, 4) is 0 Å². The molecular weight excluding hydrogens is 186 g/mol. The van der Waals surface area contributed by atoms with Crippen LogP contribution in [0.25, 0.3) is 10.4 Å². The molecule has 2 unspecified atom stereocenters. The van der Waals surface area contributed by atoms with Crippen molar-refractivity contribution in [3.05, 3.63) is 10.4 Å². The lowest BCUT2D eigenvalue weighted by Crippen LogP contribution is -2.51. The van der Waals surface area contributed by atoms with Gasteiger partial charge in [0.2, 0.25) is 0 Å². The Hall–Kier alpha value is -0.810. The number of azide groups is 1. The molecule has 5 atom stereocenters. The molecule has 1 heterocycles. The summed E-state index contributed by atoms with van der Waals surface area (Å²) in [6, 6.07) is -0.346. The number of hydrogen-bond donors (Lipinski definition) is 1. The average molecular weight is 201 g/mol. The van der Waals surface area contributed by atoms with Crippen LogP contribution in [0.3, 0.4) is 0 Å². The van der Waals surface area contributed by atoms with Crippen LogP contribution in [0.4, 0.5) is 0 Å². The molecule has 0 aromatic rings. The Morgan fingerprint density at radius 3 is 2.64 bits per heavy atom. The van der Waals surface area contributed by atoms with E-state index in [1.807, 2.05) is 6.92 Å². The highest BCUT2D eigenvalue weighted by Gasteiger charge is 2.40. The van der Waals surface area contributed by atoms with Crippen molar-refractivity contribution >= 4 is 0 Å². The maximum absolute atomic E-state index is 9.72. The molecule has 6 heteroatoms. The minimum absolute atomic E-state index is 0.167. The van der Waals surface area contributed by atoms with Crippen molar-refractivity contribution in [3.63, 3.8) is 0 Å². The number of aliphatic hydroxyl groups excluding tert-OH is 1. The molecule has 0 amide bonds. The number of rotatable bonds is 2. The first-order valence-corrected chi connectivity index (χ1v) is 4.52. The minimum atomic E-state index is -0.758. The highest BCUT2D eigenvalue weighted by molar-refractivity contribution is 4.89. The normalized spacial score (nSPS) is 43.0. The molecule has 0 radical (unpaired) electrons. The van der Waals surface area contributed by atoms with Gasteiger partial charge in [-0.05, 0) is 18.4 Å². The largest absolute Gasteiger partial charge is 0.388 e. The zero-order chi connectivity index (χ0) is 10.7. The van der Waals surface area contributed by atoms with Gasteiger partial charge in [0.05, 0.1) is 12.1 Å². The summed E-state index contributed by atoms with van der Waals surface area (Å²) in [5, 5.41) is 13.3. The van der Waals surface area contributed by atoms with Gasteiger partial charge >= 0.3 is 0 Å². The second-order valence-electron chi connectivity index (χ2n) is 3.49. The van der Waals surface area contributed by atoms with E-state index in [0.717, 1.165) is 0 Å². The molecule has 0 spiro atoms. The molecule has 0 aromatic heterocycles. The van der Waals surface area contributed by atoms with Crippen LogP contribution in [0.2, 0.25) is 0 Å². The Labute approximate surface area is 82.4 Å². The van der Waals surface area contributed by atoms with Gasteiger partial charge in [-0.3, -0.25) is 0 Å². The quantitative estimate of drug-likeness (QED) is 0.411. The van der Waals surface area contributed by atoms with Crippen LogP contribution in [0.5, 0.6) is 0 Å². The van der Waals surface area contributed by atoms with E-state index in [1.165, 1.54) is 7.11 Å². The van der Waals surface area contributed by atoms with Crippen molar-refractivity contribution in [1.82, 2.24) is 0 Å². The molecule has 0 aromatic carbocycles. The van der Waals surface area contributed by atoms with Crippen LogP contribution < -0.4 is 0 Å². The van der Waals surface area contributed by atoms with Crippen LogP contribution in [-0.2, 0) is 9.47 Å². The maximum Gasteiger partial charge on any atom is 0.183 e. The molecule has 0 bridgehead atoms. The van der Waals surface area contributed by atoms with Crippen LogP contribution in [0.15, 0.2) is 5.11 Å². The van der Waals surface area contributed by atoms with E-state index in [-0.39, 0.29) is 18.1 Å². The Balaban J connectivity index is 2.78. The highest BCUT2D eigenvalue weighted by Crippen LogP contribution is 2.28. The van der Waals surface area contributed by atoms with Gasteiger partial charge in [-0.25, -0.2) is 0 Å². The molecule has 1 saturated heterocycles. The maximum atomic E-state index is 9.72. The first-order valence-electron chi connectivity index (χ1n) is 4.52. The Kier molecular flexibility index (Phi) is 3.71. The van der Waals surface area contributed by atoms with Crippen molar-refractivity contribution in [2.24, 2.45) is 11.0 Å². The van der Waals surface area contributed by atoms with Crippen molar-refractivity contribution < 1.29 is 14.6 Å².